The Morgan fingerprint density at radius 1 is 1.24 bits per heavy atom. The fourth-order valence-corrected chi connectivity index (χ4v) is 2.66. The number of aliphatic hydroxyl groups excluding tert-OH is 1. The highest BCUT2D eigenvalue weighted by Gasteiger charge is 2.17. The summed E-state index contributed by atoms with van der Waals surface area (Å²) < 4.78 is 0. The average molecular weight is 310 g/mol. The van der Waals surface area contributed by atoms with Crippen LogP contribution in [0.2, 0.25) is 5.02 Å². The van der Waals surface area contributed by atoms with Gasteiger partial charge in [-0.15, -0.1) is 0 Å². The Balaban J connectivity index is 2.66. The van der Waals surface area contributed by atoms with Crippen molar-refractivity contribution in [1.82, 2.24) is 4.90 Å². The molecule has 1 rings (SSSR count). The minimum absolute atomic E-state index is 0.269. The van der Waals surface area contributed by atoms with Crippen LogP contribution in [-0.4, -0.2) is 36.8 Å². The molecule has 0 saturated carbocycles. The van der Waals surface area contributed by atoms with Gasteiger partial charge in [-0.05, 0) is 32.1 Å². The number of benzene rings is 1. The summed E-state index contributed by atoms with van der Waals surface area (Å²) in [6.45, 7) is 3.10. The molecule has 0 aliphatic carbocycles. The first-order valence-corrected chi connectivity index (χ1v) is 8.18. The summed E-state index contributed by atoms with van der Waals surface area (Å²) in [5, 5.41) is 11.2. The fraction of sp³-hybridized carbons (Fsp3) is 0.556. The van der Waals surface area contributed by atoms with Crippen LogP contribution in [0, 0.1) is 5.92 Å². The van der Waals surface area contributed by atoms with Crippen molar-refractivity contribution < 1.29 is 5.11 Å². The third-order valence-electron chi connectivity index (χ3n) is 3.64. The fourth-order valence-electron chi connectivity index (χ4n) is 2.47. The van der Waals surface area contributed by atoms with Gasteiger partial charge >= 0.3 is 0 Å². The Bertz CT molecular complexity index is 431. The van der Waals surface area contributed by atoms with Gasteiger partial charge in [-0.2, -0.15) is 0 Å². The van der Waals surface area contributed by atoms with Crippen LogP contribution in [0.3, 0.4) is 0 Å². The highest BCUT2D eigenvalue weighted by atomic mass is 35.5. The van der Waals surface area contributed by atoms with E-state index in [1.54, 1.807) is 0 Å². The summed E-state index contributed by atoms with van der Waals surface area (Å²) in [7, 11) is 4.11. The zero-order chi connectivity index (χ0) is 15.7. The molecule has 118 valence electrons. The lowest BCUT2D eigenvalue weighted by Crippen LogP contribution is -2.30. The van der Waals surface area contributed by atoms with Gasteiger partial charge in [0.15, 0.2) is 0 Å². The molecule has 0 heterocycles. The van der Waals surface area contributed by atoms with Gasteiger partial charge in [0.05, 0.1) is 6.10 Å². The molecule has 0 unspecified atom stereocenters. The van der Waals surface area contributed by atoms with E-state index in [1.165, 1.54) is 19.3 Å². The van der Waals surface area contributed by atoms with Crippen molar-refractivity contribution in [3.8, 4) is 0 Å². The maximum atomic E-state index is 10.5. The van der Waals surface area contributed by atoms with Gasteiger partial charge in [-0.25, -0.2) is 0 Å². The van der Waals surface area contributed by atoms with Crippen LogP contribution in [0.1, 0.15) is 38.2 Å². The normalized spacial score (nSPS) is 14.8. The Morgan fingerprint density at radius 3 is 2.57 bits per heavy atom. The maximum Gasteiger partial charge on any atom is 0.0764 e. The van der Waals surface area contributed by atoms with Crippen molar-refractivity contribution in [2.24, 2.45) is 5.92 Å². The third kappa shape index (κ3) is 7.12. The van der Waals surface area contributed by atoms with Gasteiger partial charge in [0, 0.05) is 17.5 Å². The van der Waals surface area contributed by atoms with Crippen LogP contribution in [0.4, 0.5) is 0 Å². The van der Waals surface area contributed by atoms with E-state index in [0.717, 1.165) is 23.6 Å². The molecule has 2 atom stereocenters. The number of nitrogens with zero attached hydrogens (tertiary/aromatic N) is 1. The molecule has 0 aliphatic heterocycles. The lowest BCUT2D eigenvalue weighted by Gasteiger charge is -2.24. The predicted octanol–water partition coefficient (Wildman–Crippen LogP) is 4.47. The van der Waals surface area contributed by atoms with E-state index in [2.05, 4.69) is 25.9 Å². The maximum absolute atomic E-state index is 10.5. The minimum atomic E-state index is -0.430. The van der Waals surface area contributed by atoms with Crippen molar-refractivity contribution >= 4 is 17.7 Å². The summed E-state index contributed by atoms with van der Waals surface area (Å²) in [6.07, 6.45) is 8.04. The van der Waals surface area contributed by atoms with Gasteiger partial charge in [-0.3, -0.25) is 0 Å². The molecule has 0 spiro atoms. The smallest absolute Gasteiger partial charge is 0.0764 e. The molecular weight excluding hydrogens is 282 g/mol. The monoisotopic (exact) mass is 309 g/mol. The molecular formula is C18H28ClNO. The third-order valence-corrected chi connectivity index (χ3v) is 3.98. The predicted molar refractivity (Wildman–Crippen MR) is 92.7 cm³/mol. The van der Waals surface area contributed by atoms with Crippen LogP contribution in [0.25, 0.3) is 6.08 Å². The zero-order valence-corrected chi connectivity index (χ0v) is 14.2. The molecule has 1 aromatic rings. The van der Waals surface area contributed by atoms with Gasteiger partial charge in [0.2, 0.25) is 0 Å². The number of rotatable bonds is 9. The second-order valence-electron chi connectivity index (χ2n) is 5.89. The first-order valence-electron chi connectivity index (χ1n) is 7.80. The van der Waals surface area contributed by atoms with Crippen molar-refractivity contribution in [2.75, 3.05) is 20.6 Å². The van der Waals surface area contributed by atoms with E-state index >= 15 is 0 Å². The van der Waals surface area contributed by atoms with Crippen LogP contribution in [0.5, 0.6) is 0 Å². The molecule has 3 heteroatoms. The van der Waals surface area contributed by atoms with Crippen LogP contribution in [-0.2, 0) is 0 Å². The number of hydrogen-bond acceptors (Lipinski definition) is 2. The van der Waals surface area contributed by atoms with Gasteiger partial charge in [0.1, 0.15) is 0 Å². The van der Waals surface area contributed by atoms with E-state index in [9.17, 15) is 5.11 Å². The average Bonchev–Trinajstić information content (AvgIpc) is 2.45. The van der Waals surface area contributed by atoms with Crippen LogP contribution < -0.4 is 0 Å². The van der Waals surface area contributed by atoms with E-state index in [-0.39, 0.29) is 5.92 Å². The van der Waals surface area contributed by atoms with Crippen molar-refractivity contribution in [1.29, 1.82) is 0 Å². The highest BCUT2D eigenvalue weighted by Crippen LogP contribution is 2.20. The molecule has 0 aromatic heterocycles. The second kappa shape index (κ2) is 9.99. The molecule has 0 radical (unpaired) electrons. The second-order valence-corrected chi connectivity index (χ2v) is 6.30. The molecule has 0 aliphatic rings. The first kappa shape index (κ1) is 18.2. The van der Waals surface area contributed by atoms with Gasteiger partial charge < -0.3 is 10.0 Å². The van der Waals surface area contributed by atoms with Crippen molar-refractivity contribution in [3.05, 3.63) is 40.9 Å². The number of aliphatic hydroxyl groups is 1. The Hall–Kier alpha value is -0.830. The molecule has 21 heavy (non-hydrogen) atoms. The van der Waals surface area contributed by atoms with Crippen LogP contribution >= 0.6 is 11.6 Å². The topological polar surface area (TPSA) is 23.5 Å². The highest BCUT2D eigenvalue weighted by molar-refractivity contribution is 6.32. The number of hydrogen-bond donors (Lipinski definition) is 1. The standard InChI is InChI=1S/C18H28ClNO/c1-4-5-6-10-16(14-20(2)3)18(21)13-12-15-9-7-8-11-17(15)19/h7-9,11-13,16,18,21H,4-6,10,14H2,1-3H3/b13-12-/t16-,18-/m1/s1. The SMILES string of the molecule is CCCCC[C@H](CN(C)C)[C@H](O)/C=C\c1ccccc1Cl. The summed E-state index contributed by atoms with van der Waals surface area (Å²) in [6, 6.07) is 7.70. The lowest BCUT2D eigenvalue weighted by molar-refractivity contribution is 0.122. The molecule has 0 bridgehead atoms. The molecule has 0 fully saturated rings. The molecule has 2 nitrogen and oxygen atoms in total. The Labute approximate surface area is 134 Å². The van der Waals surface area contributed by atoms with E-state index in [1.807, 2.05) is 36.4 Å². The Kier molecular flexibility index (Phi) is 8.67. The van der Waals surface area contributed by atoms with Crippen LogP contribution in [0.15, 0.2) is 30.3 Å². The first-order chi connectivity index (χ1) is 10.0. The molecule has 0 saturated heterocycles. The van der Waals surface area contributed by atoms with E-state index in [0.29, 0.717) is 0 Å². The van der Waals surface area contributed by atoms with Gasteiger partial charge in [0.25, 0.3) is 0 Å². The van der Waals surface area contributed by atoms with E-state index in [4.69, 9.17) is 11.6 Å². The molecule has 1 N–H and O–H groups in total. The zero-order valence-electron chi connectivity index (χ0n) is 13.4. The number of halogens is 1. The van der Waals surface area contributed by atoms with Crippen molar-refractivity contribution in [2.45, 2.75) is 38.7 Å². The summed E-state index contributed by atoms with van der Waals surface area (Å²) >= 11 is 6.13. The summed E-state index contributed by atoms with van der Waals surface area (Å²) in [5.74, 6) is 0.269. The lowest BCUT2D eigenvalue weighted by atomic mass is 9.94. The number of unbranched alkanes of at least 4 members (excludes halogenated alkanes) is 2. The van der Waals surface area contributed by atoms with Gasteiger partial charge in [-0.1, -0.05) is 68.1 Å². The Morgan fingerprint density at radius 2 is 1.95 bits per heavy atom. The molecule has 1 aromatic carbocycles. The van der Waals surface area contributed by atoms with E-state index < -0.39 is 6.10 Å². The summed E-state index contributed by atoms with van der Waals surface area (Å²) in [5.41, 5.74) is 0.954. The van der Waals surface area contributed by atoms with Crippen molar-refractivity contribution in [3.63, 3.8) is 0 Å². The largest absolute Gasteiger partial charge is 0.389 e. The molecule has 0 amide bonds. The summed E-state index contributed by atoms with van der Waals surface area (Å²) in [4.78, 5) is 2.14. The minimum Gasteiger partial charge on any atom is -0.389 e. The quantitative estimate of drug-likeness (QED) is 0.680.